The van der Waals surface area contributed by atoms with Crippen LogP contribution in [0, 0.1) is 0 Å². The van der Waals surface area contributed by atoms with E-state index in [1.165, 1.54) is 4.88 Å². The lowest BCUT2D eigenvalue weighted by Crippen LogP contribution is -2.52. The molecule has 1 aliphatic heterocycles. The molecular weight excluding hydrogens is 336 g/mol. The number of hydrogen-bond acceptors (Lipinski definition) is 6. The molecule has 1 unspecified atom stereocenters. The molecule has 0 saturated carbocycles. The van der Waals surface area contributed by atoms with Crippen LogP contribution in [0.3, 0.4) is 0 Å². The van der Waals surface area contributed by atoms with Gasteiger partial charge in [-0.2, -0.15) is 0 Å². The number of benzene rings is 1. The SMILES string of the molecule is COc1ccc(O)c(CN2CCN(Cc3cccs3)C(CCO)C2)c1. The number of methoxy groups -OCH3 is 1. The number of aliphatic hydroxyl groups is 1. The summed E-state index contributed by atoms with van der Waals surface area (Å²) in [5.74, 6) is 1.07. The Morgan fingerprint density at radius 3 is 2.84 bits per heavy atom. The molecule has 0 amide bonds. The molecule has 2 N–H and O–H groups in total. The van der Waals surface area contributed by atoms with Crippen LogP contribution >= 0.6 is 11.3 Å². The fourth-order valence-corrected chi connectivity index (χ4v) is 4.12. The number of phenolic OH excluding ortho intramolecular Hbond substituents is 1. The van der Waals surface area contributed by atoms with E-state index < -0.39 is 0 Å². The third-order valence-electron chi connectivity index (χ3n) is 4.77. The van der Waals surface area contributed by atoms with Crippen LogP contribution in [0.1, 0.15) is 16.9 Å². The van der Waals surface area contributed by atoms with Crippen LogP contribution in [-0.4, -0.2) is 59.4 Å². The van der Waals surface area contributed by atoms with Gasteiger partial charge in [-0.3, -0.25) is 9.80 Å². The summed E-state index contributed by atoms with van der Waals surface area (Å²) in [6.45, 7) is 4.64. The Kier molecular flexibility index (Phi) is 6.31. The second-order valence-electron chi connectivity index (χ2n) is 6.45. The number of ether oxygens (including phenoxy) is 1. The van der Waals surface area contributed by atoms with Crippen molar-refractivity contribution < 1.29 is 14.9 Å². The van der Waals surface area contributed by atoms with Crippen molar-refractivity contribution in [1.82, 2.24) is 9.80 Å². The van der Waals surface area contributed by atoms with Gasteiger partial charge < -0.3 is 14.9 Å². The third-order valence-corrected chi connectivity index (χ3v) is 5.63. The van der Waals surface area contributed by atoms with Gasteiger partial charge in [0.1, 0.15) is 11.5 Å². The molecule has 0 radical (unpaired) electrons. The Hall–Kier alpha value is -1.60. The molecule has 2 aromatic rings. The first kappa shape index (κ1) is 18.2. The first-order chi connectivity index (χ1) is 12.2. The molecule has 1 aliphatic rings. The highest BCUT2D eigenvalue weighted by Gasteiger charge is 2.27. The summed E-state index contributed by atoms with van der Waals surface area (Å²) in [6.07, 6.45) is 0.770. The number of aromatic hydroxyl groups is 1. The number of phenols is 1. The zero-order valence-electron chi connectivity index (χ0n) is 14.6. The van der Waals surface area contributed by atoms with Crippen LogP contribution in [0.15, 0.2) is 35.7 Å². The monoisotopic (exact) mass is 362 g/mol. The minimum Gasteiger partial charge on any atom is -0.508 e. The van der Waals surface area contributed by atoms with Crippen LogP contribution < -0.4 is 4.74 Å². The van der Waals surface area contributed by atoms with Gasteiger partial charge in [0.15, 0.2) is 0 Å². The molecule has 6 heteroatoms. The zero-order valence-corrected chi connectivity index (χ0v) is 15.4. The van der Waals surface area contributed by atoms with Gasteiger partial charge in [0.05, 0.1) is 7.11 Å². The van der Waals surface area contributed by atoms with Gasteiger partial charge in [-0.25, -0.2) is 0 Å². The lowest BCUT2D eigenvalue weighted by molar-refractivity contribution is 0.0503. The summed E-state index contributed by atoms with van der Waals surface area (Å²) in [4.78, 5) is 6.17. The maximum absolute atomic E-state index is 10.1. The molecular formula is C19H26N2O3S. The molecule has 25 heavy (non-hydrogen) atoms. The number of nitrogens with zero attached hydrogens (tertiary/aromatic N) is 2. The van der Waals surface area contributed by atoms with E-state index in [9.17, 15) is 10.2 Å². The number of hydrogen-bond donors (Lipinski definition) is 2. The van der Waals surface area contributed by atoms with Gasteiger partial charge in [0.25, 0.3) is 0 Å². The third kappa shape index (κ3) is 4.73. The Morgan fingerprint density at radius 1 is 1.24 bits per heavy atom. The average molecular weight is 362 g/mol. The summed E-state index contributed by atoms with van der Waals surface area (Å²) in [5, 5.41) is 21.7. The minimum absolute atomic E-state index is 0.198. The largest absolute Gasteiger partial charge is 0.508 e. The van der Waals surface area contributed by atoms with E-state index >= 15 is 0 Å². The number of aliphatic hydroxyl groups excluding tert-OH is 1. The number of piperazine rings is 1. The number of rotatable bonds is 7. The molecule has 1 fully saturated rings. The highest BCUT2D eigenvalue weighted by atomic mass is 32.1. The predicted molar refractivity (Wildman–Crippen MR) is 100 cm³/mol. The van der Waals surface area contributed by atoms with Gasteiger partial charge >= 0.3 is 0 Å². The van der Waals surface area contributed by atoms with Crippen LogP contribution in [0.5, 0.6) is 11.5 Å². The van der Waals surface area contributed by atoms with Crippen molar-refractivity contribution >= 4 is 11.3 Å². The van der Waals surface area contributed by atoms with Gasteiger partial charge in [-0.1, -0.05) is 6.07 Å². The lowest BCUT2D eigenvalue weighted by atomic mass is 10.1. The molecule has 136 valence electrons. The fourth-order valence-electron chi connectivity index (χ4n) is 3.39. The molecule has 1 aromatic heterocycles. The Bertz CT molecular complexity index is 663. The zero-order chi connectivity index (χ0) is 17.6. The smallest absolute Gasteiger partial charge is 0.120 e. The highest BCUT2D eigenvalue weighted by Crippen LogP contribution is 2.26. The lowest BCUT2D eigenvalue weighted by Gasteiger charge is -2.41. The second kappa shape index (κ2) is 8.67. The molecule has 0 aliphatic carbocycles. The fraction of sp³-hybridized carbons (Fsp3) is 0.474. The molecule has 3 rings (SSSR count). The van der Waals surface area contributed by atoms with Gasteiger partial charge in [0.2, 0.25) is 0 Å². The quantitative estimate of drug-likeness (QED) is 0.793. The Balaban J connectivity index is 1.65. The van der Waals surface area contributed by atoms with Crippen LogP contribution in [0.4, 0.5) is 0 Å². The van der Waals surface area contributed by atoms with E-state index in [1.807, 2.05) is 6.07 Å². The molecule has 1 aromatic carbocycles. The van der Waals surface area contributed by atoms with E-state index in [-0.39, 0.29) is 6.61 Å². The van der Waals surface area contributed by atoms with E-state index in [4.69, 9.17) is 4.74 Å². The van der Waals surface area contributed by atoms with Crippen molar-refractivity contribution in [2.24, 2.45) is 0 Å². The summed E-state index contributed by atoms with van der Waals surface area (Å²) < 4.78 is 5.26. The van der Waals surface area contributed by atoms with Gasteiger partial charge in [0, 0.05) is 55.8 Å². The summed E-state index contributed by atoms with van der Waals surface area (Å²) in [7, 11) is 1.64. The molecule has 0 spiro atoms. The van der Waals surface area contributed by atoms with Crippen LogP contribution in [0.25, 0.3) is 0 Å². The normalized spacial score (nSPS) is 19.2. The summed E-state index contributed by atoms with van der Waals surface area (Å²) in [6, 6.07) is 9.94. The molecule has 2 heterocycles. The summed E-state index contributed by atoms with van der Waals surface area (Å²) in [5.41, 5.74) is 0.883. The first-order valence-corrected chi connectivity index (χ1v) is 9.53. The van der Waals surface area contributed by atoms with Crippen molar-refractivity contribution in [3.05, 3.63) is 46.2 Å². The number of thiophene rings is 1. The van der Waals surface area contributed by atoms with E-state index in [0.717, 1.165) is 43.9 Å². The molecule has 1 saturated heterocycles. The molecule has 0 bridgehead atoms. The van der Waals surface area contributed by atoms with Crippen molar-refractivity contribution in [3.63, 3.8) is 0 Å². The van der Waals surface area contributed by atoms with Crippen molar-refractivity contribution in [3.8, 4) is 11.5 Å². The maximum atomic E-state index is 10.1. The first-order valence-electron chi connectivity index (χ1n) is 8.65. The highest BCUT2D eigenvalue weighted by molar-refractivity contribution is 7.09. The van der Waals surface area contributed by atoms with E-state index in [2.05, 4.69) is 27.3 Å². The standard InChI is InChI=1S/C19H26N2O3S/c1-24-17-4-5-19(23)15(11-17)12-20-7-8-21(16(13-20)6-9-22)14-18-3-2-10-25-18/h2-5,10-11,16,22-23H,6-9,12-14H2,1H3. The topological polar surface area (TPSA) is 56.2 Å². The van der Waals surface area contributed by atoms with Crippen LogP contribution in [0.2, 0.25) is 0 Å². The second-order valence-corrected chi connectivity index (χ2v) is 7.48. The van der Waals surface area contributed by atoms with Crippen molar-refractivity contribution in [2.75, 3.05) is 33.4 Å². The maximum Gasteiger partial charge on any atom is 0.120 e. The van der Waals surface area contributed by atoms with E-state index in [1.54, 1.807) is 30.6 Å². The Morgan fingerprint density at radius 2 is 2.12 bits per heavy atom. The van der Waals surface area contributed by atoms with Gasteiger partial charge in [-0.05, 0) is 36.1 Å². The Labute approximate surface area is 153 Å². The molecule has 1 atom stereocenters. The van der Waals surface area contributed by atoms with Crippen molar-refractivity contribution in [2.45, 2.75) is 25.6 Å². The van der Waals surface area contributed by atoms with Crippen LogP contribution in [-0.2, 0) is 13.1 Å². The molecule has 5 nitrogen and oxygen atoms in total. The minimum atomic E-state index is 0.198. The van der Waals surface area contributed by atoms with E-state index in [0.29, 0.717) is 18.3 Å². The summed E-state index contributed by atoms with van der Waals surface area (Å²) >= 11 is 1.78. The van der Waals surface area contributed by atoms with Crippen molar-refractivity contribution in [1.29, 1.82) is 0 Å². The predicted octanol–water partition coefficient (Wildman–Crippen LogP) is 2.53. The van der Waals surface area contributed by atoms with Gasteiger partial charge in [-0.15, -0.1) is 11.3 Å². The average Bonchev–Trinajstić information content (AvgIpc) is 3.12.